The Balaban J connectivity index is 2.69. The Morgan fingerprint density at radius 2 is 1.94 bits per heavy atom. The third kappa shape index (κ3) is 3.67. The van der Waals surface area contributed by atoms with Crippen molar-refractivity contribution in [3.8, 4) is 0 Å². The summed E-state index contributed by atoms with van der Waals surface area (Å²) in [5, 5.41) is 2.13. The average Bonchev–Trinajstić information content (AvgIpc) is 2.44. The number of rotatable bonds is 4. The van der Waals surface area contributed by atoms with Crippen LogP contribution in [-0.4, -0.2) is 23.5 Å². The fraction of sp³-hybridized carbons (Fsp3) is 0.818. The van der Waals surface area contributed by atoms with Gasteiger partial charge in [0.05, 0.1) is 0 Å². The third-order valence-corrected chi connectivity index (χ3v) is 3.10. The van der Waals surface area contributed by atoms with Crippen molar-refractivity contribution in [2.45, 2.75) is 56.6 Å². The fourth-order valence-corrected chi connectivity index (χ4v) is 2.04. The van der Waals surface area contributed by atoms with Crippen LogP contribution in [0.1, 0.15) is 45.4 Å². The van der Waals surface area contributed by atoms with Gasteiger partial charge in [0.25, 0.3) is 6.47 Å². The zero-order chi connectivity index (χ0) is 12.0. The molecule has 0 bridgehead atoms. The first kappa shape index (κ1) is 13.3. The lowest BCUT2D eigenvalue weighted by Crippen LogP contribution is -2.52. The number of carbonyl (C=O) groups excluding carboxylic acids is 2. The number of amides is 1. The molecule has 1 atom stereocenters. The minimum atomic E-state index is -0.835. The molecule has 5 heteroatoms. The number of nitrogens with one attached hydrogen (secondary N) is 1. The molecule has 1 amide bonds. The molecule has 1 aliphatic rings. The summed E-state index contributed by atoms with van der Waals surface area (Å²) < 4.78 is 5.10. The van der Waals surface area contributed by atoms with Crippen molar-refractivity contribution in [3.05, 3.63) is 0 Å². The molecule has 0 aliphatic heterocycles. The highest BCUT2D eigenvalue weighted by atomic mass is 35.5. The smallest absolute Gasteiger partial charge is 0.295 e. The molecule has 0 spiro atoms. The van der Waals surface area contributed by atoms with Gasteiger partial charge in [0.15, 0.2) is 5.72 Å². The molecule has 0 radical (unpaired) electrons. The number of alkyl halides is 1. The number of carbonyl (C=O) groups is 2. The Labute approximate surface area is 101 Å². The van der Waals surface area contributed by atoms with Crippen molar-refractivity contribution in [1.29, 1.82) is 0 Å². The van der Waals surface area contributed by atoms with Gasteiger partial charge in [-0.15, -0.1) is 11.6 Å². The van der Waals surface area contributed by atoms with Crippen molar-refractivity contribution < 1.29 is 14.3 Å². The topological polar surface area (TPSA) is 55.4 Å². The molecule has 0 aromatic heterocycles. The Kier molecular flexibility index (Phi) is 5.06. The molecule has 1 unspecified atom stereocenters. The Morgan fingerprint density at radius 1 is 1.38 bits per heavy atom. The summed E-state index contributed by atoms with van der Waals surface area (Å²) in [6.45, 7) is 2.01. The first-order chi connectivity index (χ1) is 7.59. The zero-order valence-electron chi connectivity index (χ0n) is 9.50. The molecule has 1 rings (SSSR count). The van der Waals surface area contributed by atoms with Crippen molar-refractivity contribution >= 4 is 24.0 Å². The highest BCUT2D eigenvalue weighted by Crippen LogP contribution is 2.28. The lowest BCUT2D eigenvalue weighted by molar-refractivity contribution is -0.153. The monoisotopic (exact) mass is 247 g/mol. The SMILES string of the molecule is CC(Cl)C(=O)NC1(OC=O)CCCCCC1. The molecular weight excluding hydrogens is 230 g/mol. The maximum atomic E-state index is 11.6. The van der Waals surface area contributed by atoms with Crippen molar-refractivity contribution in [2.24, 2.45) is 0 Å². The van der Waals surface area contributed by atoms with E-state index in [0.717, 1.165) is 25.7 Å². The fourth-order valence-electron chi connectivity index (χ4n) is 1.99. The summed E-state index contributed by atoms with van der Waals surface area (Å²) in [6, 6.07) is 0. The summed E-state index contributed by atoms with van der Waals surface area (Å²) in [5.41, 5.74) is -0.835. The average molecular weight is 248 g/mol. The van der Waals surface area contributed by atoms with Gasteiger partial charge in [-0.3, -0.25) is 9.59 Å². The molecule has 1 saturated carbocycles. The first-order valence-corrected chi connectivity index (χ1v) is 6.11. The second kappa shape index (κ2) is 6.09. The van der Waals surface area contributed by atoms with E-state index >= 15 is 0 Å². The van der Waals surface area contributed by atoms with Gasteiger partial charge >= 0.3 is 0 Å². The van der Waals surface area contributed by atoms with Crippen LogP contribution in [-0.2, 0) is 14.3 Å². The van der Waals surface area contributed by atoms with E-state index < -0.39 is 11.1 Å². The molecule has 1 aliphatic carbocycles. The highest BCUT2D eigenvalue weighted by Gasteiger charge is 2.35. The van der Waals surface area contributed by atoms with Crippen LogP contribution < -0.4 is 5.32 Å². The molecule has 4 nitrogen and oxygen atoms in total. The van der Waals surface area contributed by atoms with Crippen LogP contribution in [0.15, 0.2) is 0 Å². The van der Waals surface area contributed by atoms with Gasteiger partial charge in [0.2, 0.25) is 5.91 Å². The van der Waals surface area contributed by atoms with E-state index in [9.17, 15) is 9.59 Å². The third-order valence-electron chi connectivity index (χ3n) is 2.90. The van der Waals surface area contributed by atoms with E-state index in [1.165, 1.54) is 0 Å². The van der Waals surface area contributed by atoms with Crippen LogP contribution in [0.4, 0.5) is 0 Å². The molecule has 0 saturated heterocycles. The number of hydrogen-bond donors (Lipinski definition) is 1. The molecule has 1 fully saturated rings. The van der Waals surface area contributed by atoms with Crippen LogP contribution in [0.3, 0.4) is 0 Å². The molecule has 0 aromatic rings. The molecular formula is C11H18ClNO3. The predicted molar refractivity (Wildman–Crippen MR) is 61.0 cm³/mol. The molecule has 0 aromatic carbocycles. The van der Waals surface area contributed by atoms with Crippen molar-refractivity contribution in [1.82, 2.24) is 5.32 Å². The van der Waals surface area contributed by atoms with E-state index in [-0.39, 0.29) is 5.91 Å². The predicted octanol–water partition coefficient (Wildman–Crippen LogP) is 1.95. The second-order valence-corrected chi connectivity index (χ2v) is 4.88. The van der Waals surface area contributed by atoms with Gasteiger partial charge in [-0.05, 0) is 19.8 Å². The van der Waals surface area contributed by atoms with Gasteiger partial charge < -0.3 is 10.1 Å². The van der Waals surface area contributed by atoms with Gasteiger partial charge in [-0.2, -0.15) is 0 Å². The van der Waals surface area contributed by atoms with E-state index in [4.69, 9.17) is 16.3 Å². The van der Waals surface area contributed by atoms with E-state index in [0.29, 0.717) is 19.3 Å². The van der Waals surface area contributed by atoms with Crippen LogP contribution in [0.25, 0.3) is 0 Å². The van der Waals surface area contributed by atoms with Crippen LogP contribution >= 0.6 is 11.6 Å². The second-order valence-electron chi connectivity index (χ2n) is 4.23. The molecule has 0 heterocycles. The molecule has 16 heavy (non-hydrogen) atoms. The van der Waals surface area contributed by atoms with Gasteiger partial charge in [0.1, 0.15) is 5.38 Å². The van der Waals surface area contributed by atoms with Crippen molar-refractivity contribution in [2.75, 3.05) is 0 Å². The molecule has 92 valence electrons. The van der Waals surface area contributed by atoms with Gasteiger partial charge in [-0.1, -0.05) is 12.8 Å². The van der Waals surface area contributed by atoms with E-state index in [2.05, 4.69) is 5.32 Å². The van der Waals surface area contributed by atoms with Crippen LogP contribution in [0, 0.1) is 0 Å². The van der Waals surface area contributed by atoms with Gasteiger partial charge in [0, 0.05) is 12.8 Å². The quantitative estimate of drug-likeness (QED) is 0.358. The summed E-state index contributed by atoms with van der Waals surface area (Å²) in [7, 11) is 0. The number of halogens is 1. The lowest BCUT2D eigenvalue weighted by Gasteiger charge is -2.32. The number of ether oxygens (including phenoxy) is 1. The summed E-state index contributed by atoms with van der Waals surface area (Å²) >= 11 is 5.69. The summed E-state index contributed by atoms with van der Waals surface area (Å²) in [6.07, 6.45) is 5.45. The zero-order valence-corrected chi connectivity index (χ0v) is 10.3. The van der Waals surface area contributed by atoms with Gasteiger partial charge in [-0.25, -0.2) is 0 Å². The van der Waals surface area contributed by atoms with Crippen molar-refractivity contribution in [3.63, 3.8) is 0 Å². The minimum absolute atomic E-state index is 0.287. The maximum absolute atomic E-state index is 11.6. The molecule has 1 N–H and O–H groups in total. The Morgan fingerprint density at radius 3 is 2.38 bits per heavy atom. The standard InChI is InChI=1S/C11H18ClNO3/c1-9(12)10(15)13-11(16-8-14)6-4-2-3-5-7-11/h8-9H,2-7H2,1H3,(H,13,15). The maximum Gasteiger partial charge on any atom is 0.295 e. The summed E-state index contributed by atoms with van der Waals surface area (Å²) in [5.74, 6) is -0.287. The van der Waals surface area contributed by atoms with Crippen LogP contribution in [0.2, 0.25) is 0 Å². The lowest BCUT2D eigenvalue weighted by atomic mass is 10.0. The normalized spacial score (nSPS) is 21.6. The highest BCUT2D eigenvalue weighted by molar-refractivity contribution is 6.30. The Hall–Kier alpha value is -0.770. The van der Waals surface area contributed by atoms with E-state index in [1.54, 1.807) is 6.92 Å². The minimum Gasteiger partial charge on any atom is -0.441 e. The van der Waals surface area contributed by atoms with E-state index in [1.807, 2.05) is 0 Å². The van der Waals surface area contributed by atoms with Crippen LogP contribution in [0.5, 0.6) is 0 Å². The Bertz CT molecular complexity index is 248. The first-order valence-electron chi connectivity index (χ1n) is 5.67. The summed E-state index contributed by atoms with van der Waals surface area (Å²) in [4.78, 5) is 22.1. The largest absolute Gasteiger partial charge is 0.441 e. The number of hydrogen-bond acceptors (Lipinski definition) is 3.